The minimum atomic E-state index is -5.17. The molecule has 14 N–H and O–H groups in total. The SMILES string of the molecule is CC/C=C(/C=C/C1=C(S(=O)(=O)O)C=C(Nc2nc(Nc3cc(S(=O)(=O)O)ccc3S(=O)(=O)O)nc(NC(C)CO)n2)CC=C1)C(=C/CNc1nc(Nc2cc(S(=O)(=O)O)ccc2S(=O)(=O)O)nc(NC(C)CO)n1)\S(=O)(=O)O. The highest BCUT2D eigenvalue weighted by molar-refractivity contribution is 7.90. The lowest BCUT2D eigenvalue weighted by Gasteiger charge is -2.16. The van der Waals surface area contributed by atoms with Crippen LogP contribution in [0.25, 0.3) is 0 Å². The molecule has 0 saturated carbocycles. The van der Waals surface area contributed by atoms with Gasteiger partial charge in [-0.1, -0.05) is 37.3 Å². The lowest BCUT2D eigenvalue weighted by atomic mass is 10.1. The van der Waals surface area contributed by atoms with E-state index < -0.39 is 157 Å². The normalized spacial score (nSPS) is 15.1. The number of aliphatic hydroxyl groups excluding tert-OH is 2. The molecule has 0 saturated heterocycles. The highest BCUT2D eigenvalue weighted by Crippen LogP contribution is 2.31. The third kappa shape index (κ3) is 17.5. The number of nitrogens with zero attached hydrogens (tertiary/aromatic N) is 6. The number of benzene rings is 2. The monoisotopic (exact) mass is 1210 g/mol. The molecule has 0 spiro atoms. The lowest BCUT2D eigenvalue weighted by Crippen LogP contribution is -2.22. The van der Waals surface area contributed by atoms with Crippen molar-refractivity contribution in [2.24, 2.45) is 0 Å². The van der Waals surface area contributed by atoms with Gasteiger partial charge in [-0.3, -0.25) is 27.3 Å². The maximum atomic E-state index is 13.0. The topological polar surface area (TPSA) is 516 Å². The number of rotatable bonds is 25. The highest BCUT2D eigenvalue weighted by Gasteiger charge is 2.25. The van der Waals surface area contributed by atoms with E-state index in [1.165, 1.54) is 32.1 Å². The molecule has 0 radical (unpaired) electrons. The van der Waals surface area contributed by atoms with Crippen molar-refractivity contribution >= 4 is 108 Å². The Hall–Kier alpha value is -6.92. The van der Waals surface area contributed by atoms with Crippen LogP contribution in [0.2, 0.25) is 0 Å². The van der Waals surface area contributed by atoms with E-state index in [4.69, 9.17) is 0 Å². The Morgan fingerprint density at radius 1 is 0.590 bits per heavy atom. The van der Waals surface area contributed by atoms with Gasteiger partial charge in [-0.2, -0.15) is 80.4 Å². The number of anilines is 8. The first-order chi connectivity index (χ1) is 36.1. The summed E-state index contributed by atoms with van der Waals surface area (Å²) in [6.07, 6.45) is 7.88. The number of nitrogens with one attached hydrogen (secondary N) is 6. The molecule has 424 valence electrons. The van der Waals surface area contributed by atoms with E-state index in [-0.39, 0.29) is 41.6 Å². The Balaban J connectivity index is 1.52. The van der Waals surface area contributed by atoms with Gasteiger partial charge in [-0.15, -0.1) is 0 Å². The van der Waals surface area contributed by atoms with Gasteiger partial charge < -0.3 is 42.1 Å². The largest absolute Gasteiger partial charge is 0.394 e. The summed E-state index contributed by atoms with van der Waals surface area (Å²) in [4.78, 5) is 19.6. The van der Waals surface area contributed by atoms with Crippen molar-refractivity contribution in [1.29, 1.82) is 0 Å². The van der Waals surface area contributed by atoms with Crippen molar-refractivity contribution in [3.8, 4) is 0 Å². The highest BCUT2D eigenvalue weighted by atomic mass is 32.2. The molecule has 4 aromatic rings. The van der Waals surface area contributed by atoms with Crippen molar-refractivity contribution in [1.82, 2.24) is 29.9 Å². The van der Waals surface area contributed by atoms with Gasteiger partial charge in [0.05, 0.1) is 39.3 Å². The van der Waals surface area contributed by atoms with Crippen molar-refractivity contribution in [3.63, 3.8) is 0 Å². The van der Waals surface area contributed by atoms with E-state index >= 15 is 0 Å². The lowest BCUT2D eigenvalue weighted by molar-refractivity contribution is 0.281. The van der Waals surface area contributed by atoms with E-state index in [2.05, 4.69) is 61.8 Å². The summed E-state index contributed by atoms with van der Waals surface area (Å²) in [6.45, 7) is 3.10. The second kappa shape index (κ2) is 24.8. The van der Waals surface area contributed by atoms with Gasteiger partial charge >= 0.3 is 0 Å². The molecule has 2 aromatic heterocycles. The molecule has 5 rings (SSSR count). The Bertz CT molecular complexity index is 3870. The predicted molar refractivity (Wildman–Crippen MR) is 278 cm³/mol. The van der Waals surface area contributed by atoms with Crippen LogP contribution in [0.3, 0.4) is 0 Å². The molecule has 0 aliphatic heterocycles. The van der Waals surface area contributed by atoms with Crippen LogP contribution in [-0.2, 0) is 60.7 Å². The second-order valence-corrected chi connectivity index (χ2v) is 24.5. The molecule has 0 bridgehead atoms. The van der Waals surface area contributed by atoms with Crippen LogP contribution >= 0.6 is 0 Å². The van der Waals surface area contributed by atoms with Gasteiger partial charge in [-0.05, 0) is 80.0 Å². The van der Waals surface area contributed by atoms with Gasteiger partial charge in [0.2, 0.25) is 35.7 Å². The zero-order valence-electron chi connectivity index (χ0n) is 40.3. The fourth-order valence-electron chi connectivity index (χ4n) is 6.43. The van der Waals surface area contributed by atoms with Gasteiger partial charge in [-0.25, -0.2) is 0 Å². The van der Waals surface area contributed by atoms with Crippen LogP contribution in [0.5, 0.6) is 0 Å². The molecule has 2 heterocycles. The van der Waals surface area contributed by atoms with E-state index in [0.717, 1.165) is 24.3 Å². The fourth-order valence-corrected chi connectivity index (χ4v) is 10.2. The summed E-state index contributed by atoms with van der Waals surface area (Å²) in [5.41, 5.74) is -1.86. The van der Waals surface area contributed by atoms with Gasteiger partial charge in [0.1, 0.15) is 14.7 Å². The maximum absolute atomic E-state index is 13.0. The van der Waals surface area contributed by atoms with Gasteiger partial charge in [0.15, 0.2) is 0 Å². The van der Waals surface area contributed by atoms with Crippen molar-refractivity contribution < 1.29 is 88.0 Å². The molecule has 32 nitrogen and oxygen atoms in total. The average Bonchev–Trinajstić information content (AvgIpc) is 3.52. The third-order valence-corrected chi connectivity index (χ3v) is 15.3. The zero-order valence-corrected chi connectivity index (χ0v) is 45.2. The minimum absolute atomic E-state index is 0.0622. The standard InChI is InChI=1S/C40H48N12O20S6/c1-4-6-24(31(75(61,62)63)15-16-41-35-47-36(42-22(2)20-53)50-39(48-35)45-29-18-27(73(55,56)57)11-13-32(29)76(64,65)66)9-10-25-7-5-8-26(17-34(25)78(70,71)72)44-38-49-37(43-23(3)21-54)51-40(52-38)46-30-19-28(74(58,59)60)12-14-33(30)77(67,68)69/h5-7,9-15,17-19,22-23,53-54H,4,8,16,20-21H2,1-3H3,(H,55,56,57)(H,58,59,60)(H,61,62,63)(H,64,65,66)(H,67,68,69)(H,70,71,72)(H3,41,42,45,47,48,50)(H3,43,44,46,49,51,52)/b10-9+,24-6-,31-15+. The minimum Gasteiger partial charge on any atom is -0.394 e. The van der Waals surface area contributed by atoms with Crippen LogP contribution in [0, 0.1) is 0 Å². The number of aliphatic hydroxyl groups is 2. The number of hydrogen-bond donors (Lipinski definition) is 14. The average molecular weight is 1210 g/mol. The number of allylic oxidation sites excluding steroid dienone is 8. The first kappa shape index (κ1) is 61.9. The van der Waals surface area contributed by atoms with Crippen LogP contribution in [-0.4, -0.2) is 150 Å². The Labute approximate surface area is 445 Å². The first-order valence-electron chi connectivity index (χ1n) is 21.7. The fraction of sp³-hybridized carbons (Fsp3) is 0.250. The molecular formula is C40H48N12O20S6. The van der Waals surface area contributed by atoms with E-state index in [1.807, 2.05) is 0 Å². The summed E-state index contributed by atoms with van der Waals surface area (Å²) in [5, 5.41) is 34.9. The smallest absolute Gasteiger partial charge is 0.296 e. The van der Waals surface area contributed by atoms with E-state index in [1.54, 1.807) is 6.92 Å². The van der Waals surface area contributed by atoms with Gasteiger partial charge in [0.25, 0.3) is 60.7 Å². The number of hydrogen-bond acceptors (Lipinski definition) is 26. The quantitative estimate of drug-likeness (QED) is 0.0334. The molecule has 78 heavy (non-hydrogen) atoms. The zero-order chi connectivity index (χ0) is 58.2. The van der Waals surface area contributed by atoms with Crippen LogP contribution < -0.4 is 31.9 Å². The summed E-state index contributed by atoms with van der Waals surface area (Å²) in [6, 6.07) is 2.51. The summed E-state index contributed by atoms with van der Waals surface area (Å²) in [7, 11) is -30.3. The summed E-state index contributed by atoms with van der Waals surface area (Å²) < 4.78 is 208. The molecule has 2 unspecified atom stereocenters. The number of aromatic nitrogens is 6. The molecule has 1 aliphatic carbocycles. The molecule has 0 amide bonds. The van der Waals surface area contributed by atoms with Gasteiger partial charge in [0, 0.05) is 30.7 Å². The molecule has 2 aromatic carbocycles. The molecule has 2 atom stereocenters. The summed E-state index contributed by atoms with van der Waals surface area (Å²) in [5.74, 6) is -2.54. The van der Waals surface area contributed by atoms with Crippen LogP contribution in [0.15, 0.2) is 125 Å². The third-order valence-electron chi connectivity index (χ3n) is 9.87. The summed E-state index contributed by atoms with van der Waals surface area (Å²) >= 11 is 0. The van der Waals surface area contributed by atoms with E-state index in [0.29, 0.717) is 36.4 Å². The second-order valence-electron chi connectivity index (χ2n) is 16.1. The van der Waals surface area contributed by atoms with Crippen LogP contribution in [0.1, 0.15) is 33.6 Å². The van der Waals surface area contributed by atoms with Crippen LogP contribution in [0.4, 0.5) is 47.1 Å². The predicted octanol–water partition coefficient (Wildman–Crippen LogP) is 2.29. The van der Waals surface area contributed by atoms with Crippen molar-refractivity contribution in [3.05, 3.63) is 106 Å². The Kier molecular flexibility index (Phi) is 19.7. The molecule has 38 heteroatoms. The Morgan fingerprint density at radius 3 is 1.46 bits per heavy atom. The van der Waals surface area contributed by atoms with E-state index in [9.17, 15) is 88.0 Å². The molecule has 1 aliphatic rings. The molecular weight excluding hydrogens is 1160 g/mol. The first-order valence-corrected chi connectivity index (χ1v) is 30.4. The molecule has 0 fully saturated rings. The maximum Gasteiger partial charge on any atom is 0.296 e. The van der Waals surface area contributed by atoms with Crippen molar-refractivity contribution in [2.45, 2.75) is 65.3 Å². The van der Waals surface area contributed by atoms with Crippen molar-refractivity contribution in [2.75, 3.05) is 51.7 Å². The Morgan fingerprint density at radius 2 is 1.04 bits per heavy atom.